The van der Waals surface area contributed by atoms with Crippen molar-refractivity contribution in [3.05, 3.63) is 102 Å². The van der Waals surface area contributed by atoms with E-state index in [4.69, 9.17) is 10.6 Å². The lowest BCUT2D eigenvalue weighted by atomic mass is 10.0. The number of hydrogen-bond acceptors (Lipinski definition) is 6. The van der Waals surface area contributed by atoms with Crippen LogP contribution in [0, 0.1) is 0 Å². The first-order valence-electron chi connectivity index (χ1n) is 9.98. The van der Waals surface area contributed by atoms with Gasteiger partial charge in [-0.15, -0.1) is 0 Å². The fourth-order valence-corrected chi connectivity index (χ4v) is 2.80. The zero-order valence-electron chi connectivity index (χ0n) is 17.5. The van der Waals surface area contributed by atoms with E-state index >= 15 is 0 Å². The maximum absolute atomic E-state index is 12.3. The lowest BCUT2D eigenvalue weighted by Crippen LogP contribution is -2.35. The van der Waals surface area contributed by atoms with Crippen LogP contribution in [0.3, 0.4) is 0 Å². The minimum atomic E-state index is -0.427. The molecule has 3 aromatic rings. The Labute approximate surface area is 186 Å². The summed E-state index contributed by atoms with van der Waals surface area (Å²) in [5.74, 6) is -0.548. The number of pyridine rings is 1. The van der Waals surface area contributed by atoms with Gasteiger partial charge in [-0.2, -0.15) is 0 Å². The molecular weight excluding hydrogens is 406 g/mol. The third-order valence-corrected chi connectivity index (χ3v) is 4.58. The van der Waals surface area contributed by atoms with Gasteiger partial charge in [-0.05, 0) is 35.4 Å². The van der Waals surface area contributed by atoms with E-state index in [2.05, 4.69) is 27.7 Å². The molecule has 3 rings (SSSR count). The highest BCUT2D eigenvalue weighted by molar-refractivity contribution is 6.04. The third kappa shape index (κ3) is 6.76. The van der Waals surface area contributed by atoms with E-state index in [0.717, 1.165) is 11.1 Å². The van der Waals surface area contributed by atoms with Crippen LogP contribution in [0.5, 0.6) is 0 Å². The summed E-state index contributed by atoms with van der Waals surface area (Å²) in [5, 5.41) is 5.51. The summed E-state index contributed by atoms with van der Waals surface area (Å²) in [7, 11) is 0. The number of rotatable bonds is 10. The molecule has 0 aliphatic rings. The predicted octanol–water partition coefficient (Wildman–Crippen LogP) is 2.64. The molecule has 1 aromatic heterocycles. The first-order valence-corrected chi connectivity index (χ1v) is 9.98. The molecule has 1 atom stereocenters. The van der Waals surface area contributed by atoms with Crippen molar-refractivity contribution in [2.45, 2.75) is 6.04 Å². The Hall–Kier alpha value is -4.01. The van der Waals surface area contributed by atoms with Crippen molar-refractivity contribution in [1.82, 2.24) is 15.8 Å². The SMILES string of the molecule is C=C(NOCC(=O)NCC(N)c1ccc(C(=O)Nc2ccncc2)cc1)c1ccccc1. The van der Waals surface area contributed by atoms with Gasteiger partial charge in [0.25, 0.3) is 5.91 Å². The molecule has 1 heterocycles. The monoisotopic (exact) mass is 431 g/mol. The Morgan fingerprint density at radius 2 is 1.66 bits per heavy atom. The molecule has 32 heavy (non-hydrogen) atoms. The Bertz CT molecular complexity index is 1040. The van der Waals surface area contributed by atoms with Crippen LogP contribution in [0.25, 0.3) is 5.70 Å². The smallest absolute Gasteiger partial charge is 0.255 e. The van der Waals surface area contributed by atoms with Crippen molar-refractivity contribution in [2.75, 3.05) is 18.5 Å². The normalized spacial score (nSPS) is 11.3. The molecule has 2 aromatic carbocycles. The van der Waals surface area contributed by atoms with Crippen molar-refractivity contribution in [3.63, 3.8) is 0 Å². The fourth-order valence-electron chi connectivity index (χ4n) is 2.80. The van der Waals surface area contributed by atoms with Gasteiger partial charge in [0.2, 0.25) is 5.91 Å². The minimum Gasteiger partial charge on any atom is -0.352 e. The number of nitrogens with two attached hydrogens (primary N) is 1. The zero-order valence-corrected chi connectivity index (χ0v) is 17.5. The molecule has 0 aliphatic heterocycles. The van der Waals surface area contributed by atoms with E-state index in [0.29, 0.717) is 16.9 Å². The number of benzene rings is 2. The summed E-state index contributed by atoms with van der Waals surface area (Å²) in [4.78, 5) is 33.4. The number of hydroxylamine groups is 1. The van der Waals surface area contributed by atoms with Gasteiger partial charge in [-0.1, -0.05) is 49.0 Å². The second-order valence-corrected chi connectivity index (χ2v) is 6.96. The van der Waals surface area contributed by atoms with Crippen molar-refractivity contribution in [3.8, 4) is 0 Å². The highest BCUT2D eigenvalue weighted by Gasteiger charge is 2.11. The summed E-state index contributed by atoms with van der Waals surface area (Å²) in [6.07, 6.45) is 3.21. The van der Waals surface area contributed by atoms with E-state index in [1.165, 1.54) is 0 Å². The maximum atomic E-state index is 12.3. The number of nitrogens with one attached hydrogen (secondary N) is 3. The van der Waals surface area contributed by atoms with Gasteiger partial charge in [0.15, 0.2) is 6.61 Å². The maximum Gasteiger partial charge on any atom is 0.255 e. The van der Waals surface area contributed by atoms with Crippen molar-refractivity contribution >= 4 is 23.2 Å². The molecule has 1 unspecified atom stereocenters. The number of carbonyl (C=O) groups is 2. The quantitative estimate of drug-likeness (QED) is 0.367. The second-order valence-electron chi connectivity index (χ2n) is 6.96. The van der Waals surface area contributed by atoms with Gasteiger partial charge < -0.3 is 16.4 Å². The molecule has 0 radical (unpaired) electrons. The number of amides is 2. The van der Waals surface area contributed by atoms with Crippen LogP contribution in [0.4, 0.5) is 5.69 Å². The van der Waals surface area contributed by atoms with Gasteiger partial charge >= 0.3 is 0 Å². The topological polar surface area (TPSA) is 118 Å². The van der Waals surface area contributed by atoms with Gasteiger partial charge in [-0.25, -0.2) is 0 Å². The lowest BCUT2D eigenvalue weighted by molar-refractivity contribution is -0.127. The second kappa shape index (κ2) is 11.4. The Morgan fingerprint density at radius 1 is 0.969 bits per heavy atom. The number of hydrogen-bond donors (Lipinski definition) is 4. The highest BCUT2D eigenvalue weighted by Crippen LogP contribution is 2.13. The molecule has 164 valence electrons. The van der Waals surface area contributed by atoms with Crippen LogP contribution >= 0.6 is 0 Å². The predicted molar refractivity (Wildman–Crippen MR) is 123 cm³/mol. The third-order valence-electron chi connectivity index (χ3n) is 4.58. The van der Waals surface area contributed by atoms with Crippen molar-refractivity contribution in [1.29, 1.82) is 0 Å². The van der Waals surface area contributed by atoms with Crippen molar-refractivity contribution < 1.29 is 14.4 Å². The standard InChI is InChI=1S/C24H25N5O3/c1-17(18-5-3-2-4-6-18)29-32-16-23(30)27-15-22(25)19-7-9-20(10-8-19)24(31)28-21-11-13-26-14-12-21/h2-14,22,29H,1,15-16,25H2,(H,27,30)(H,26,28,31). The summed E-state index contributed by atoms with van der Waals surface area (Å²) in [6.45, 7) is 3.90. The first kappa shape index (κ1) is 22.7. The molecule has 0 saturated carbocycles. The summed E-state index contributed by atoms with van der Waals surface area (Å²) >= 11 is 0. The van der Waals surface area contributed by atoms with E-state index in [1.54, 1.807) is 48.8 Å². The lowest BCUT2D eigenvalue weighted by Gasteiger charge is -2.14. The molecule has 5 N–H and O–H groups in total. The molecule has 2 amide bonds. The van der Waals surface area contributed by atoms with E-state index < -0.39 is 6.04 Å². The molecule has 8 heteroatoms. The Balaban J connectivity index is 1.40. The minimum absolute atomic E-state index is 0.188. The molecule has 0 spiro atoms. The molecule has 8 nitrogen and oxygen atoms in total. The molecule has 0 bridgehead atoms. The zero-order chi connectivity index (χ0) is 22.8. The largest absolute Gasteiger partial charge is 0.352 e. The summed E-state index contributed by atoms with van der Waals surface area (Å²) in [5.41, 5.74) is 12.2. The molecular formula is C24H25N5O3. The number of carbonyl (C=O) groups excluding carboxylic acids is 2. The first-order chi connectivity index (χ1) is 15.5. The van der Waals surface area contributed by atoms with Crippen molar-refractivity contribution in [2.24, 2.45) is 5.73 Å². The van der Waals surface area contributed by atoms with Gasteiger partial charge in [-0.3, -0.25) is 24.9 Å². The molecule has 0 saturated heterocycles. The molecule has 0 fully saturated rings. The summed E-state index contributed by atoms with van der Waals surface area (Å²) < 4.78 is 0. The summed E-state index contributed by atoms with van der Waals surface area (Å²) in [6, 6.07) is 19.3. The van der Waals surface area contributed by atoms with Crippen LogP contribution in [0.2, 0.25) is 0 Å². The van der Waals surface area contributed by atoms with Crippen LogP contribution < -0.4 is 21.8 Å². The van der Waals surface area contributed by atoms with Crippen LogP contribution in [0.15, 0.2) is 85.7 Å². The molecule has 0 aliphatic carbocycles. The number of anilines is 1. The Kier molecular flexibility index (Phi) is 8.08. The Morgan fingerprint density at radius 3 is 2.34 bits per heavy atom. The van der Waals surface area contributed by atoms with E-state index in [-0.39, 0.29) is 25.0 Å². The van der Waals surface area contributed by atoms with E-state index in [9.17, 15) is 9.59 Å². The van der Waals surface area contributed by atoms with Gasteiger partial charge in [0.05, 0.1) is 5.70 Å². The average Bonchev–Trinajstić information content (AvgIpc) is 2.83. The van der Waals surface area contributed by atoms with E-state index in [1.807, 2.05) is 30.3 Å². The van der Waals surface area contributed by atoms with Gasteiger partial charge in [0.1, 0.15) is 0 Å². The fraction of sp³-hybridized carbons (Fsp3) is 0.125. The number of nitrogens with zero attached hydrogens (tertiary/aromatic N) is 1. The highest BCUT2D eigenvalue weighted by atomic mass is 16.6. The van der Waals surface area contributed by atoms with Gasteiger partial charge in [0, 0.05) is 36.2 Å². The van der Waals surface area contributed by atoms with Crippen LogP contribution in [0.1, 0.15) is 27.5 Å². The number of aromatic nitrogens is 1. The van der Waals surface area contributed by atoms with Crippen LogP contribution in [-0.2, 0) is 9.63 Å². The average molecular weight is 431 g/mol. The van der Waals surface area contributed by atoms with Crippen LogP contribution in [-0.4, -0.2) is 29.9 Å².